The van der Waals surface area contributed by atoms with E-state index in [4.69, 9.17) is 18.6 Å². The molecule has 1 aliphatic heterocycles. The zero-order valence-corrected chi connectivity index (χ0v) is 19.0. The summed E-state index contributed by atoms with van der Waals surface area (Å²) >= 11 is 0. The molecule has 0 radical (unpaired) electrons. The van der Waals surface area contributed by atoms with E-state index in [0.29, 0.717) is 18.8 Å². The van der Waals surface area contributed by atoms with Crippen LogP contribution < -0.4 is 16.0 Å². The average molecular weight is 488 g/mol. The molecule has 0 aliphatic carbocycles. The number of ether oxygens (including phenoxy) is 3. The number of rotatable bonds is 11. The van der Waals surface area contributed by atoms with Crippen LogP contribution in [0.3, 0.4) is 0 Å². The molecule has 35 heavy (non-hydrogen) atoms. The van der Waals surface area contributed by atoms with Gasteiger partial charge in [-0.25, -0.2) is 14.4 Å². The summed E-state index contributed by atoms with van der Waals surface area (Å²) in [5, 5.41) is 19.2. The number of nitro groups is 1. The summed E-state index contributed by atoms with van der Waals surface area (Å²) in [7, 11) is 1.50. The molecule has 13 heteroatoms. The van der Waals surface area contributed by atoms with Crippen molar-refractivity contribution in [2.45, 2.75) is 13.0 Å². The van der Waals surface area contributed by atoms with Crippen LogP contribution >= 0.6 is 0 Å². The van der Waals surface area contributed by atoms with E-state index in [1.54, 1.807) is 19.1 Å². The van der Waals surface area contributed by atoms with Crippen molar-refractivity contribution in [2.24, 2.45) is 0 Å². The van der Waals surface area contributed by atoms with Crippen LogP contribution in [0.15, 0.2) is 52.3 Å². The van der Waals surface area contributed by atoms with Gasteiger partial charge in [-0.2, -0.15) is 0 Å². The largest absolute Gasteiger partial charge is 0.467 e. The smallest absolute Gasteiger partial charge is 0.340 e. The van der Waals surface area contributed by atoms with E-state index in [9.17, 15) is 24.5 Å². The molecular weight excluding hydrogens is 464 g/mol. The van der Waals surface area contributed by atoms with Crippen molar-refractivity contribution in [2.75, 3.05) is 38.8 Å². The Kier molecular flexibility index (Phi) is 8.40. The van der Waals surface area contributed by atoms with Crippen molar-refractivity contribution in [1.82, 2.24) is 10.6 Å². The van der Waals surface area contributed by atoms with Crippen LogP contribution in [-0.2, 0) is 19.0 Å². The number of nitrogens with zero attached hydrogens (tertiary/aromatic N) is 1. The number of carbonyl (C=O) groups is 3. The first-order valence-electron chi connectivity index (χ1n) is 10.5. The van der Waals surface area contributed by atoms with Gasteiger partial charge in [-0.1, -0.05) is 0 Å². The van der Waals surface area contributed by atoms with Gasteiger partial charge in [0.15, 0.2) is 0 Å². The molecule has 0 unspecified atom stereocenters. The van der Waals surface area contributed by atoms with E-state index in [0.717, 1.165) is 6.07 Å². The molecule has 1 aromatic heterocycles. The Morgan fingerprint density at radius 3 is 2.69 bits per heavy atom. The van der Waals surface area contributed by atoms with E-state index >= 15 is 0 Å². The predicted molar refractivity (Wildman–Crippen MR) is 121 cm³/mol. The minimum atomic E-state index is -0.976. The molecule has 2 heterocycles. The summed E-state index contributed by atoms with van der Waals surface area (Å²) in [5.74, 6) is -1.38. The standard InChI is InChI=1S/C22H24N4O9/c1-3-33-21(28)18-16(24-22(29)25-19(18)17-5-4-9-34-17)12-35-20(27)14-11-13(26(30)31)6-7-15(14)23-8-10-32-2/h4-7,9,11,19,23H,3,8,10,12H2,1-2H3,(H2,24,25,29)/t19-/m0/s1. The van der Waals surface area contributed by atoms with Crippen molar-refractivity contribution < 1.29 is 37.9 Å². The van der Waals surface area contributed by atoms with Crippen LogP contribution in [0.4, 0.5) is 16.2 Å². The van der Waals surface area contributed by atoms with Gasteiger partial charge in [0.05, 0.1) is 41.2 Å². The molecule has 2 aromatic rings. The number of non-ortho nitro benzene ring substituents is 1. The van der Waals surface area contributed by atoms with Crippen LogP contribution in [-0.4, -0.2) is 56.4 Å². The van der Waals surface area contributed by atoms with Crippen molar-refractivity contribution in [1.29, 1.82) is 0 Å². The number of nitro benzene ring substituents is 1. The van der Waals surface area contributed by atoms with Crippen molar-refractivity contribution >= 4 is 29.3 Å². The fourth-order valence-corrected chi connectivity index (χ4v) is 3.32. The third-order valence-corrected chi connectivity index (χ3v) is 4.88. The van der Waals surface area contributed by atoms with E-state index in [1.807, 2.05) is 0 Å². The lowest BCUT2D eigenvalue weighted by Crippen LogP contribution is -2.47. The molecule has 0 fully saturated rings. The highest BCUT2D eigenvalue weighted by molar-refractivity contribution is 5.97. The number of esters is 2. The molecule has 0 bridgehead atoms. The molecule has 3 rings (SSSR count). The van der Waals surface area contributed by atoms with E-state index in [-0.39, 0.29) is 34.9 Å². The summed E-state index contributed by atoms with van der Waals surface area (Å²) in [5.41, 5.74) is -0.141. The lowest BCUT2D eigenvalue weighted by molar-refractivity contribution is -0.384. The topological polar surface area (TPSA) is 171 Å². The highest BCUT2D eigenvalue weighted by Crippen LogP contribution is 2.29. The molecule has 3 N–H and O–H groups in total. The molecule has 0 saturated heterocycles. The number of hydrogen-bond acceptors (Lipinski definition) is 10. The third kappa shape index (κ3) is 6.14. The fourth-order valence-electron chi connectivity index (χ4n) is 3.32. The summed E-state index contributed by atoms with van der Waals surface area (Å²) in [6.07, 6.45) is 1.38. The number of nitrogens with one attached hydrogen (secondary N) is 3. The number of carbonyl (C=O) groups excluding carboxylic acids is 3. The molecule has 186 valence electrons. The van der Waals surface area contributed by atoms with Gasteiger partial charge in [0.2, 0.25) is 0 Å². The van der Waals surface area contributed by atoms with Gasteiger partial charge >= 0.3 is 18.0 Å². The lowest BCUT2D eigenvalue weighted by Gasteiger charge is -2.27. The lowest BCUT2D eigenvalue weighted by atomic mass is 10.0. The maximum absolute atomic E-state index is 12.9. The minimum absolute atomic E-state index is 0.00770. The first kappa shape index (κ1) is 25.2. The highest BCUT2D eigenvalue weighted by atomic mass is 16.6. The highest BCUT2D eigenvalue weighted by Gasteiger charge is 2.36. The first-order chi connectivity index (χ1) is 16.8. The van der Waals surface area contributed by atoms with Crippen LogP contribution in [0, 0.1) is 10.1 Å². The zero-order chi connectivity index (χ0) is 25.4. The van der Waals surface area contributed by atoms with Crippen LogP contribution in [0.25, 0.3) is 0 Å². The van der Waals surface area contributed by atoms with Crippen molar-refractivity contribution in [3.05, 3.63) is 69.3 Å². The Morgan fingerprint density at radius 2 is 2.03 bits per heavy atom. The maximum atomic E-state index is 12.9. The summed E-state index contributed by atoms with van der Waals surface area (Å²) in [6.45, 7) is 1.83. The molecular formula is C22H24N4O9. The summed E-state index contributed by atoms with van der Waals surface area (Å²) < 4.78 is 20.8. The Balaban J connectivity index is 1.90. The number of furan rings is 1. The van der Waals surface area contributed by atoms with Gasteiger partial charge in [-0.3, -0.25) is 10.1 Å². The Labute approximate surface area is 199 Å². The Morgan fingerprint density at radius 1 is 1.23 bits per heavy atom. The predicted octanol–water partition coefficient (Wildman–Crippen LogP) is 2.27. The minimum Gasteiger partial charge on any atom is -0.467 e. The normalized spacial score (nSPS) is 15.1. The second-order valence-corrected chi connectivity index (χ2v) is 7.14. The van der Waals surface area contributed by atoms with Gasteiger partial charge in [0.25, 0.3) is 5.69 Å². The summed E-state index contributed by atoms with van der Waals surface area (Å²) in [4.78, 5) is 48.4. The zero-order valence-electron chi connectivity index (χ0n) is 19.0. The first-order valence-corrected chi connectivity index (χ1v) is 10.5. The summed E-state index contributed by atoms with van der Waals surface area (Å²) in [6, 6.07) is 5.23. The monoisotopic (exact) mass is 488 g/mol. The molecule has 0 saturated carbocycles. The number of urea groups is 1. The van der Waals surface area contributed by atoms with Gasteiger partial charge in [-0.15, -0.1) is 0 Å². The van der Waals surface area contributed by atoms with E-state index in [1.165, 1.54) is 25.5 Å². The number of anilines is 1. The number of benzene rings is 1. The van der Waals surface area contributed by atoms with Crippen molar-refractivity contribution in [3.8, 4) is 0 Å². The van der Waals surface area contributed by atoms with Gasteiger partial charge < -0.3 is 34.6 Å². The molecule has 1 aromatic carbocycles. The number of hydrogen-bond donors (Lipinski definition) is 3. The second kappa shape index (κ2) is 11.7. The third-order valence-electron chi connectivity index (χ3n) is 4.88. The average Bonchev–Trinajstić information content (AvgIpc) is 3.37. The van der Waals surface area contributed by atoms with Gasteiger partial charge in [-0.05, 0) is 25.1 Å². The fraction of sp³-hybridized carbons (Fsp3) is 0.318. The second-order valence-electron chi connectivity index (χ2n) is 7.14. The quantitative estimate of drug-likeness (QED) is 0.184. The van der Waals surface area contributed by atoms with E-state index < -0.39 is 35.5 Å². The molecule has 0 spiro atoms. The Bertz CT molecular complexity index is 1130. The van der Waals surface area contributed by atoms with Crippen LogP contribution in [0.1, 0.15) is 29.1 Å². The van der Waals surface area contributed by atoms with Crippen molar-refractivity contribution in [3.63, 3.8) is 0 Å². The van der Waals surface area contributed by atoms with E-state index in [2.05, 4.69) is 16.0 Å². The number of methoxy groups -OCH3 is 1. The maximum Gasteiger partial charge on any atom is 0.340 e. The molecule has 13 nitrogen and oxygen atoms in total. The Hall–Kier alpha value is -4.39. The van der Waals surface area contributed by atoms with Crippen LogP contribution in [0.2, 0.25) is 0 Å². The van der Waals surface area contributed by atoms with Gasteiger partial charge in [0, 0.05) is 31.5 Å². The molecule has 1 aliphatic rings. The SMILES string of the molecule is CCOC(=O)C1=C(COC(=O)c2cc([N+](=O)[O-])ccc2NCCOC)NC(=O)N[C@H]1c1ccco1. The van der Waals surface area contributed by atoms with Gasteiger partial charge in [0.1, 0.15) is 18.4 Å². The number of amides is 2. The molecule has 1 atom stereocenters. The van der Waals surface area contributed by atoms with Crippen LogP contribution in [0.5, 0.6) is 0 Å². The molecule has 2 amide bonds.